The SMILES string of the molecule is O=C1CC2(CC=CC2)CN1. The summed E-state index contributed by atoms with van der Waals surface area (Å²) in [6, 6.07) is 0. The summed E-state index contributed by atoms with van der Waals surface area (Å²) in [6.07, 6.45) is 7.28. The molecular weight excluding hydrogens is 126 g/mol. The second kappa shape index (κ2) is 1.84. The number of rotatable bonds is 0. The van der Waals surface area contributed by atoms with Crippen LogP contribution in [0.5, 0.6) is 0 Å². The summed E-state index contributed by atoms with van der Waals surface area (Å²) in [4.78, 5) is 10.9. The van der Waals surface area contributed by atoms with E-state index in [1.165, 1.54) is 0 Å². The van der Waals surface area contributed by atoms with Gasteiger partial charge in [-0.05, 0) is 12.8 Å². The largest absolute Gasteiger partial charge is 0.355 e. The molecule has 0 aromatic carbocycles. The fourth-order valence-corrected chi connectivity index (χ4v) is 1.79. The predicted octanol–water partition coefficient (Wildman–Crippen LogP) is 0.843. The lowest BCUT2D eigenvalue weighted by molar-refractivity contribution is -0.119. The summed E-state index contributed by atoms with van der Waals surface area (Å²) < 4.78 is 0. The lowest BCUT2D eigenvalue weighted by atomic mass is 9.85. The highest BCUT2D eigenvalue weighted by molar-refractivity contribution is 5.79. The average molecular weight is 137 g/mol. The van der Waals surface area contributed by atoms with Crippen molar-refractivity contribution < 1.29 is 4.79 Å². The van der Waals surface area contributed by atoms with Crippen molar-refractivity contribution in [2.24, 2.45) is 5.41 Å². The van der Waals surface area contributed by atoms with E-state index in [2.05, 4.69) is 17.5 Å². The van der Waals surface area contributed by atoms with Crippen molar-refractivity contribution in [1.82, 2.24) is 5.32 Å². The second-order valence-corrected chi connectivity index (χ2v) is 3.33. The molecule has 0 aromatic rings. The van der Waals surface area contributed by atoms with E-state index < -0.39 is 0 Å². The van der Waals surface area contributed by atoms with Crippen LogP contribution in [0, 0.1) is 5.41 Å². The first-order valence-corrected chi connectivity index (χ1v) is 3.73. The molecule has 1 saturated heterocycles. The van der Waals surface area contributed by atoms with Crippen molar-refractivity contribution in [1.29, 1.82) is 0 Å². The third kappa shape index (κ3) is 0.753. The Balaban J connectivity index is 2.11. The summed E-state index contributed by atoms with van der Waals surface area (Å²) in [5, 5.41) is 2.87. The minimum atomic E-state index is 0.226. The molecule has 1 aliphatic heterocycles. The van der Waals surface area contributed by atoms with Gasteiger partial charge in [-0.1, -0.05) is 12.2 Å². The Morgan fingerprint density at radius 2 is 2.10 bits per heavy atom. The van der Waals surface area contributed by atoms with Crippen LogP contribution in [0.4, 0.5) is 0 Å². The number of carbonyl (C=O) groups excluding carboxylic acids is 1. The van der Waals surface area contributed by atoms with Gasteiger partial charge in [0.1, 0.15) is 0 Å². The molecule has 1 spiro atoms. The van der Waals surface area contributed by atoms with Crippen LogP contribution >= 0.6 is 0 Å². The Morgan fingerprint density at radius 1 is 1.40 bits per heavy atom. The lowest BCUT2D eigenvalue weighted by Gasteiger charge is -2.18. The quantitative estimate of drug-likeness (QED) is 0.492. The molecule has 2 aliphatic rings. The van der Waals surface area contributed by atoms with E-state index in [0.717, 1.165) is 25.8 Å². The smallest absolute Gasteiger partial charge is 0.220 e. The molecule has 1 aliphatic carbocycles. The van der Waals surface area contributed by atoms with Crippen molar-refractivity contribution in [3.63, 3.8) is 0 Å². The Bertz CT molecular complexity index is 187. The van der Waals surface area contributed by atoms with Crippen LogP contribution in [0.25, 0.3) is 0 Å². The predicted molar refractivity (Wildman–Crippen MR) is 38.4 cm³/mol. The minimum Gasteiger partial charge on any atom is -0.355 e. The van der Waals surface area contributed by atoms with E-state index in [1.54, 1.807) is 0 Å². The Labute approximate surface area is 60.3 Å². The molecule has 1 heterocycles. The second-order valence-electron chi connectivity index (χ2n) is 3.33. The van der Waals surface area contributed by atoms with Gasteiger partial charge in [-0.2, -0.15) is 0 Å². The van der Waals surface area contributed by atoms with Gasteiger partial charge < -0.3 is 5.32 Å². The maximum Gasteiger partial charge on any atom is 0.220 e. The van der Waals surface area contributed by atoms with Gasteiger partial charge >= 0.3 is 0 Å². The van der Waals surface area contributed by atoms with Crippen molar-refractivity contribution >= 4 is 5.91 Å². The van der Waals surface area contributed by atoms with Crippen molar-refractivity contribution in [3.8, 4) is 0 Å². The van der Waals surface area contributed by atoms with Gasteiger partial charge in [-0.3, -0.25) is 4.79 Å². The summed E-state index contributed by atoms with van der Waals surface area (Å²) in [5.41, 5.74) is 0.289. The van der Waals surface area contributed by atoms with Gasteiger partial charge in [-0.25, -0.2) is 0 Å². The van der Waals surface area contributed by atoms with Crippen LogP contribution in [0.2, 0.25) is 0 Å². The molecular formula is C8H11NO. The average Bonchev–Trinajstić information content (AvgIpc) is 2.46. The van der Waals surface area contributed by atoms with Crippen molar-refractivity contribution in [3.05, 3.63) is 12.2 Å². The number of allylic oxidation sites excluding steroid dienone is 2. The molecule has 10 heavy (non-hydrogen) atoms. The zero-order chi connectivity index (χ0) is 7.03. The highest BCUT2D eigenvalue weighted by atomic mass is 16.1. The van der Waals surface area contributed by atoms with Gasteiger partial charge in [0.05, 0.1) is 0 Å². The van der Waals surface area contributed by atoms with Crippen LogP contribution in [0.1, 0.15) is 19.3 Å². The summed E-state index contributed by atoms with van der Waals surface area (Å²) in [6.45, 7) is 0.888. The first-order valence-electron chi connectivity index (χ1n) is 3.73. The first-order chi connectivity index (χ1) is 4.81. The fourth-order valence-electron chi connectivity index (χ4n) is 1.79. The maximum atomic E-state index is 10.9. The standard InChI is InChI=1S/C8H11NO/c10-7-5-8(6-9-7)3-1-2-4-8/h1-2H,3-6H2,(H,9,10). The monoisotopic (exact) mass is 137 g/mol. The van der Waals surface area contributed by atoms with E-state index in [-0.39, 0.29) is 11.3 Å². The van der Waals surface area contributed by atoms with E-state index in [4.69, 9.17) is 0 Å². The van der Waals surface area contributed by atoms with E-state index in [1.807, 2.05) is 0 Å². The summed E-state index contributed by atoms with van der Waals surface area (Å²) >= 11 is 0. The molecule has 0 unspecified atom stereocenters. The maximum absolute atomic E-state index is 10.9. The van der Waals surface area contributed by atoms with Crippen LogP contribution in [0.3, 0.4) is 0 Å². The molecule has 0 atom stereocenters. The molecule has 0 saturated carbocycles. The highest BCUT2D eigenvalue weighted by Gasteiger charge is 2.38. The van der Waals surface area contributed by atoms with Gasteiger partial charge in [-0.15, -0.1) is 0 Å². The fraction of sp³-hybridized carbons (Fsp3) is 0.625. The molecule has 2 heteroatoms. The van der Waals surface area contributed by atoms with E-state index in [9.17, 15) is 4.79 Å². The lowest BCUT2D eigenvalue weighted by Crippen LogP contribution is -2.20. The van der Waals surface area contributed by atoms with Crippen molar-refractivity contribution in [2.45, 2.75) is 19.3 Å². The van der Waals surface area contributed by atoms with Crippen molar-refractivity contribution in [2.75, 3.05) is 6.54 Å². The van der Waals surface area contributed by atoms with Gasteiger partial charge in [0, 0.05) is 18.4 Å². The number of amides is 1. The third-order valence-corrected chi connectivity index (χ3v) is 2.46. The highest BCUT2D eigenvalue weighted by Crippen LogP contribution is 2.38. The van der Waals surface area contributed by atoms with Crippen LogP contribution in [0.15, 0.2) is 12.2 Å². The third-order valence-electron chi connectivity index (χ3n) is 2.46. The van der Waals surface area contributed by atoms with Gasteiger partial charge in [0.2, 0.25) is 5.91 Å². The molecule has 1 N–H and O–H groups in total. The zero-order valence-electron chi connectivity index (χ0n) is 5.89. The molecule has 0 aromatic heterocycles. The molecule has 2 nitrogen and oxygen atoms in total. The normalized spacial score (nSPS) is 27.8. The Hall–Kier alpha value is -0.790. The van der Waals surface area contributed by atoms with Gasteiger partial charge in [0.15, 0.2) is 0 Å². The van der Waals surface area contributed by atoms with Crippen LogP contribution in [-0.4, -0.2) is 12.5 Å². The van der Waals surface area contributed by atoms with Crippen LogP contribution in [-0.2, 0) is 4.79 Å². The Kier molecular flexibility index (Phi) is 1.10. The summed E-state index contributed by atoms with van der Waals surface area (Å²) in [5.74, 6) is 0.226. The van der Waals surface area contributed by atoms with Gasteiger partial charge in [0.25, 0.3) is 0 Å². The number of carbonyl (C=O) groups is 1. The van der Waals surface area contributed by atoms with Crippen LogP contribution < -0.4 is 5.32 Å². The number of hydrogen-bond acceptors (Lipinski definition) is 1. The summed E-state index contributed by atoms with van der Waals surface area (Å²) in [7, 11) is 0. The molecule has 0 radical (unpaired) electrons. The first kappa shape index (κ1) is 5.96. The minimum absolute atomic E-state index is 0.226. The molecule has 0 bridgehead atoms. The number of nitrogens with one attached hydrogen (secondary N) is 1. The Morgan fingerprint density at radius 3 is 2.60 bits per heavy atom. The van der Waals surface area contributed by atoms with E-state index >= 15 is 0 Å². The topological polar surface area (TPSA) is 29.1 Å². The molecule has 2 rings (SSSR count). The zero-order valence-corrected chi connectivity index (χ0v) is 5.89. The number of hydrogen-bond donors (Lipinski definition) is 1. The molecule has 54 valence electrons. The molecule has 1 amide bonds. The van der Waals surface area contributed by atoms with E-state index in [0.29, 0.717) is 0 Å². The molecule has 1 fully saturated rings.